The second-order valence-corrected chi connectivity index (χ2v) is 8.03. The lowest BCUT2D eigenvalue weighted by atomic mass is 9.78. The van der Waals surface area contributed by atoms with Crippen LogP contribution >= 0.6 is 11.8 Å². The average Bonchev–Trinajstić information content (AvgIpc) is 2.76. The van der Waals surface area contributed by atoms with Gasteiger partial charge >= 0.3 is 0 Å². The van der Waals surface area contributed by atoms with E-state index < -0.39 is 0 Å². The van der Waals surface area contributed by atoms with Gasteiger partial charge in [-0.2, -0.15) is 0 Å². The minimum Gasteiger partial charge on any atom is -0.352 e. The molecule has 23 heavy (non-hydrogen) atoms. The van der Waals surface area contributed by atoms with Gasteiger partial charge in [-0.1, -0.05) is 44.9 Å². The summed E-state index contributed by atoms with van der Waals surface area (Å²) >= 11 is 1.53. The van der Waals surface area contributed by atoms with Gasteiger partial charge in [0.2, 0.25) is 5.91 Å². The van der Waals surface area contributed by atoms with Gasteiger partial charge in [-0.3, -0.25) is 4.79 Å². The van der Waals surface area contributed by atoms with Gasteiger partial charge in [0.05, 0.1) is 5.75 Å². The van der Waals surface area contributed by atoms with E-state index in [2.05, 4.69) is 33.9 Å². The molecule has 2 heterocycles. The molecule has 3 rings (SSSR count). The van der Waals surface area contributed by atoms with Gasteiger partial charge < -0.3 is 9.88 Å². The fraction of sp³-hybridized carbons (Fsp3) is 0.824. The van der Waals surface area contributed by atoms with Crippen molar-refractivity contribution in [2.75, 3.05) is 5.75 Å². The fourth-order valence-corrected chi connectivity index (χ4v) is 4.52. The maximum absolute atomic E-state index is 12.3. The van der Waals surface area contributed by atoms with Crippen LogP contribution in [0.15, 0.2) is 5.16 Å². The van der Waals surface area contributed by atoms with Crippen LogP contribution in [0.5, 0.6) is 0 Å². The lowest BCUT2D eigenvalue weighted by Gasteiger charge is -2.34. The van der Waals surface area contributed by atoms with E-state index in [-0.39, 0.29) is 5.91 Å². The van der Waals surface area contributed by atoms with Gasteiger partial charge in [0.1, 0.15) is 5.82 Å². The molecule has 5 nitrogen and oxygen atoms in total. The van der Waals surface area contributed by atoms with Crippen LogP contribution in [0.4, 0.5) is 0 Å². The molecule has 1 aliphatic heterocycles. The molecule has 0 aromatic carbocycles. The van der Waals surface area contributed by atoms with Crippen molar-refractivity contribution in [1.82, 2.24) is 20.1 Å². The Morgan fingerprint density at radius 2 is 2.09 bits per heavy atom. The zero-order valence-electron chi connectivity index (χ0n) is 14.3. The predicted octanol–water partition coefficient (Wildman–Crippen LogP) is 3.04. The summed E-state index contributed by atoms with van der Waals surface area (Å²) in [7, 11) is 0. The van der Waals surface area contributed by atoms with Crippen molar-refractivity contribution in [3.8, 4) is 0 Å². The third-order valence-corrected chi connectivity index (χ3v) is 6.43. The summed E-state index contributed by atoms with van der Waals surface area (Å²) in [6.45, 7) is 5.55. The zero-order valence-corrected chi connectivity index (χ0v) is 15.1. The molecule has 0 saturated heterocycles. The summed E-state index contributed by atoms with van der Waals surface area (Å²) in [4.78, 5) is 12.3. The lowest BCUT2D eigenvalue weighted by molar-refractivity contribution is -0.120. The zero-order chi connectivity index (χ0) is 16.2. The largest absolute Gasteiger partial charge is 0.352 e. The number of aromatic nitrogens is 3. The number of hydrogen-bond donors (Lipinski definition) is 1. The van der Waals surface area contributed by atoms with Gasteiger partial charge in [0.15, 0.2) is 5.16 Å². The molecule has 6 heteroatoms. The smallest absolute Gasteiger partial charge is 0.230 e. The molecule has 1 aliphatic carbocycles. The lowest BCUT2D eigenvalue weighted by Crippen LogP contribution is -2.44. The highest BCUT2D eigenvalue weighted by Crippen LogP contribution is 2.29. The van der Waals surface area contributed by atoms with Crippen LogP contribution in [-0.2, 0) is 17.8 Å². The highest BCUT2D eigenvalue weighted by atomic mass is 32.2. The third kappa shape index (κ3) is 4.08. The second kappa shape index (κ2) is 7.69. The Kier molecular flexibility index (Phi) is 5.62. The summed E-state index contributed by atoms with van der Waals surface area (Å²) in [5, 5.41) is 12.7. The minimum atomic E-state index is 0.131. The summed E-state index contributed by atoms with van der Waals surface area (Å²) in [6, 6.07) is 0.336. The molecular formula is C17H28N4OS. The molecule has 1 aromatic rings. The Morgan fingerprint density at radius 3 is 2.96 bits per heavy atom. The van der Waals surface area contributed by atoms with Crippen molar-refractivity contribution in [2.45, 2.75) is 76.5 Å². The molecule has 2 aliphatic rings. The molecule has 0 bridgehead atoms. The van der Waals surface area contributed by atoms with E-state index in [4.69, 9.17) is 0 Å². The first-order chi connectivity index (χ1) is 11.1. The fourth-order valence-electron chi connectivity index (χ4n) is 3.73. The summed E-state index contributed by atoms with van der Waals surface area (Å²) in [5.41, 5.74) is 0. The van der Waals surface area contributed by atoms with Gasteiger partial charge in [0, 0.05) is 19.0 Å². The molecule has 0 unspecified atom stereocenters. The summed E-state index contributed by atoms with van der Waals surface area (Å²) < 4.78 is 2.20. The van der Waals surface area contributed by atoms with Crippen LogP contribution in [0, 0.1) is 11.8 Å². The Labute approximate surface area is 143 Å². The molecule has 0 spiro atoms. The summed E-state index contributed by atoms with van der Waals surface area (Å²) in [6.07, 6.45) is 8.27. The first-order valence-electron chi connectivity index (χ1n) is 8.99. The third-order valence-electron chi connectivity index (χ3n) is 5.46. The van der Waals surface area contributed by atoms with Crippen molar-refractivity contribution in [1.29, 1.82) is 0 Å². The molecule has 1 aromatic heterocycles. The number of carbonyl (C=O) groups excluding carboxylic acids is 1. The molecule has 0 radical (unpaired) electrons. The molecule has 1 N–H and O–H groups in total. The first-order valence-corrected chi connectivity index (χ1v) is 9.98. The van der Waals surface area contributed by atoms with E-state index in [0.29, 0.717) is 23.6 Å². The number of hydrogen-bond acceptors (Lipinski definition) is 4. The monoisotopic (exact) mass is 336 g/mol. The van der Waals surface area contributed by atoms with Crippen molar-refractivity contribution in [3.05, 3.63) is 5.82 Å². The number of thioether (sulfide) groups is 1. The van der Waals surface area contributed by atoms with Crippen LogP contribution < -0.4 is 5.32 Å². The van der Waals surface area contributed by atoms with Gasteiger partial charge in [0.25, 0.3) is 0 Å². The minimum absolute atomic E-state index is 0.131. The molecule has 1 saturated carbocycles. The Morgan fingerprint density at radius 1 is 1.22 bits per heavy atom. The van der Waals surface area contributed by atoms with Crippen molar-refractivity contribution >= 4 is 17.7 Å². The van der Waals surface area contributed by atoms with Gasteiger partial charge in [-0.15, -0.1) is 10.2 Å². The van der Waals surface area contributed by atoms with E-state index in [9.17, 15) is 4.79 Å². The number of fused-ring (bicyclic) bond motifs is 1. The molecule has 3 atom stereocenters. The Hall–Kier alpha value is -1.04. The average molecular weight is 337 g/mol. The number of nitrogens with zero attached hydrogens (tertiary/aromatic N) is 3. The van der Waals surface area contributed by atoms with E-state index in [1.54, 1.807) is 0 Å². The maximum atomic E-state index is 12.3. The molecule has 1 fully saturated rings. The van der Waals surface area contributed by atoms with E-state index in [1.807, 2.05) is 0 Å². The highest BCUT2D eigenvalue weighted by molar-refractivity contribution is 7.99. The van der Waals surface area contributed by atoms with Gasteiger partial charge in [-0.25, -0.2) is 0 Å². The number of nitrogens with one attached hydrogen (secondary N) is 1. The normalized spacial score (nSPS) is 28.0. The predicted molar refractivity (Wildman–Crippen MR) is 92.4 cm³/mol. The molecular weight excluding hydrogens is 308 g/mol. The van der Waals surface area contributed by atoms with E-state index in [0.717, 1.165) is 30.4 Å². The van der Waals surface area contributed by atoms with Crippen LogP contribution in [-0.4, -0.2) is 32.5 Å². The first kappa shape index (κ1) is 16.8. The van der Waals surface area contributed by atoms with Crippen LogP contribution in [0.25, 0.3) is 0 Å². The van der Waals surface area contributed by atoms with Crippen LogP contribution in [0.2, 0.25) is 0 Å². The molecule has 128 valence electrons. The van der Waals surface area contributed by atoms with E-state index >= 15 is 0 Å². The van der Waals surface area contributed by atoms with E-state index in [1.165, 1.54) is 43.9 Å². The maximum Gasteiger partial charge on any atom is 0.230 e. The Bertz CT molecular complexity index is 545. The quantitative estimate of drug-likeness (QED) is 0.859. The van der Waals surface area contributed by atoms with Crippen molar-refractivity contribution < 1.29 is 4.79 Å². The van der Waals surface area contributed by atoms with Gasteiger partial charge in [-0.05, 0) is 31.1 Å². The Balaban J connectivity index is 1.52. The SMILES string of the molecule is C[C@H]1[C@@H](NC(=O)CSc2nnc3n2CCCCC3)CCC[C@@H]1C. The van der Waals surface area contributed by atoms with Crippen LogP contribution in [0.3, 0.4) is 0 Å². The highest BCUT2D eigenvalue weighted by Gasteiger charge is 2.28. The summed E-state index contributed by atoms with van der Waals surface area (Å²) in [5.74, 6) is 2.93. The second-order valence-electron chi connectivity index (χ2n) is 7.09. The number of carbonyl (C=O) groups is 1. The number of amides is 1. The number of aryl methyl sites for hydroxylation is 1. The van der Waals surface area contributed by atoms with Crippen molar-refractivity contribution in [3.63, 3.8) is 0 Å². The number of rotatable bonds is 4. The molecule has 1 amide bonds. The standard InChI is InChI=1S/C17H28N4OS/c1-12-7-6-8-14(13(12)2)18-16(22)11-23-17-20-19-15-9-4-3-5-10-21(15)17/h12-14H,3-11H2,1-2H3,(H,18,22)/t12-,13+,14-/m0/s1. The topological polar surface area (TPSA) is 59.8 Å². The van der Waals surface area contributed by atoms with Crippen molar-refractivity contribution in [2.24, 2.45) is 11.8 Å². The van der Waals surface area contributed by atoms with Crippen LogP contribution in [0.1, 0.15) is 58.2 Å².